The molecule has 3 rings (SSSR count). The maximum absolute atomic E-state index is 13.9. The van der Waals surface area contributed by atoms with Crippen molar-refractivity contribution in [2.24, 2.45) is 0 Å². The standard InChI is InChI=1S/C18H16FN3O3S/c1-13-7-8-22(21-13)16-10-14(9-15(19)11-16)18(23)12-20-26(24,25)17-5-3-2-4-6-17/h2-11,20H,12H2,1H3. The molecule has 0 unspecified atom stereocenters. The number of hydrogen-bond donors (Lipinski definition) is 1. The zero-order chi connectivity index (χ0) is 18.7. The molecule has 0 fully saturated rings. The zero-order valence-electron chi connectivity index (χ0n) is 13.9. The van der Waals surface area contributed by atoms with Gasteiger partial charge in [-0.1, -0.05) is 18.2 Å². The Balaban J connectivity index is 1.79. The van der Waals surface area contributed by atoms with Crippen LogP contribution in [0, 0.1) is 12.7 Å². The first kappa shape index (κ1) is 18.0. The summed E-state index contributed by atoms with van der Waals surface area (Å²) in [6.07, 6.45) is 1.65. The number of aryl methyl sites for hydroxylation is 1. The predicted octanol–water partition coefficient (Wildman–Crippen LogP) is 2.48. The number of aromatic nitrogens is 2. The van der Waals surface area contributed by atoms with Crippen LogP contribution in [0.2, 0.25) is 0 Å². The van der Waals surface area contributed by atoms with Gasteiger partial charge in [-0.3, -0.25) is 4.79 Å². The Labute approximate surface area is 150 Å². The molecule has 8 heteroatoms. The Hall–Kier alpha value is -2.84. The third kappa shape index (κ3) is 4.04. The highest BCUT2D eigenvalue weighted by atomic mass is 32.2. The van der Waals surface area contributed by atoms with Gasteiger partial charge in [-0.15, -0.1) is 0 Å². The van der Waals surface area contributed by atoms with Crippen LogP contribution in [0.3, 0.4) is 0 Å². The minimum atomic E-state index is -3.81. The van der Waals surface area contributed by atoms with Crippen molar-refractivity contribution in [3.63, 3.8) is 0 Å². The summed E-state index contributed by atoms with van der Waals surface area (Å²) in [7, 11) is -3.81. The van der Waals surface area contributed by atoms with Crippen LogP contribution in [0.15, 0.2) is 65.7 Å². The minimum absolute atomic E-state index is 0.0553. The highest BCUT2D eigenvalue weighted by molar-refractivity contribution is 7.89. The van der Waals surface area contributed by atoms with Gasteiger partial charge in [0.1, 0.15) is 5.82 Å². The largest absolute Gasteiger partial charge is 0.293 e. The van der Waals surface area contributed by atoms with Crippen molar-refractivity contribution in [3.8, 4) is 5.69 Å². The summed E-state index contributed by atoms with van der Waals surface area (Å²) in [5.41, 5.74) is 1.19. The lowest BCUT2D eigenvalue weighted by molar-refractivity contribution is 0.0996. The highest BCUT2D eigenvalue weighted by Crippen LogP contribution is 2.15. The zero-order valence-corrected chi connectivity index (χ0v) is 14.7. The van der Waals surface area contributed by atoms with Crippen molar-refractivity contribution in [2.45, 2.75) is 11.8 Å². The molecule has 0 spiro atoms. The molecular formula is C18H16FN3O3S. The molecule has 0 bridgehead atoms. The maximum Gasteiger partial charge on any atom is 0.240 e. The van der Waals surface area contributed by atoms with E-state index in [1.165, 1.54) is 28.9 Å². The van der Waals surface area contributed by atoms with E-state index in [2.05, 4.69) is 9.82 Å². The van der Waals surface area contributed by atoms with Gasteiger partial charge in [0.15, 0.2) is 5.78 Å². The number of benzene rings is 2. The van der Waals surface area contributed by atoms with Crippen LogP contribution in [-0.2, 0) is 10.0 Å². The minimum Gasteiger partial charge on any atom is -0.293 e. The Morgan fingerprint density at radius 3 is 2.54 bits per heavy atom. The lowest BCUT2D eigenvalue weighted by Crippen LogP contribution is -2.29. The Morgan fingerprint density at radius 1 is 1.15 bits per heavy atom. The summed E-state index contributed by atoms with van der Waals surface area (Å²) in [4.78, 5) is 12.4. The third-order valence-corrected chi connectivity index (χ3v) is 5.08. The van der Waals surface area contributed by atoms with Gasteiger partial charge in [-0.2, -0.15) is 5.10 Å². The van der Waals surface area contributed by atoms with Crippen LogP contribution >= 0.6 is 0 Å². The van der Waals surface area contributed by atoms with Gasteiger partial charge >= 0.3 is 0 Å². The van der Waals surface area contributed by atoms with Gasteiger partial charge in [0, 0.05) is 11.8 Å². The second-order valence-corrected chi connectivity index (χ2v) is 7.43. The first-order valence-electron chi connectivity index (χ1n) is 7.76. The summed E-state index contributed by atoms with van der Waals surface area (Å²) >= 11 is 0. The molecule has 2 aromatic carbocycles. The van der Waals surface area contributed by atoms with Crippen molar-refractivity contribution < 1.29 is 17.6 Å². The van der Waals surface area contributed by atoms with Crippen molar-refractivity contribution in [1.29, 1.82) is 0 Å². The average Bonchev–Trinajstić information content (AvgIpc) is 3.06. The summed E-state index contributed by atoms with van der Waals surface area (Å²) in [5.74, 6) is -1.15. The molecular weight excluding hydrogens is 357 g/mol. The molecule has 0 aliphatic carbocycles. The molecule has 6 nitrogen and oxygen atoms in total. The molecule has 0 atom stereocenters. The molecule has 1 aromatic heterocycles. The van der Waals surface area contributed by atoms with Crippen molar-refractivity contribution in [3.05, 3.63) is 77.9 Å². The second-order valence-electron chi connectivity index (χ2n) is 5.66. The first-order valence-corrected chi connectivity index (χ1v) is 9.25. The number of sulfonamides is 1. The van der Waals surface area contributed by atoms with E-state index in [-0.39, 0.29) is 10.5 Å². The molecule has 0 aliphatic heterocycles. The predicted molar refractivity (Wildman–Crippen MR) is 94.2 cm³/mol. The fourth-order valence-electron chi connectivity index (χ4n) is 2.37. The molecule has 0 saturated carbocycles. The lowest BCUT2D eigenvalue weighted by Gasteiger charge is -2.08. The SMILES string of the molecule is Cc1ccn(-c2cc(F)cc(C(=O)CNS(=O)(=O)c3ccccc3)c2)n1. The van der Waals surface area contributed by atoms with E-state index in [1.807, 2.05) is 0 Å². The number of ketones is 1. The quantitative estimate of drug-likeness (QED) is 0.673. The molecule has 1 N–H and O–H groups in total. The molecule has 3 aromatic rings. The van der Waals surface area contributed by atoms with Crippen LogP contribution in [0.4, 0.5) is 4.39 Å². The number of rotatable bonds is 6. The first-order chi connectivity index (χ1) is 12.3. The Morgan fingerprint density at radius 2 is 1.88 bits per heavy atom. The van der Waals surface area contributed by atoms with Crippen molar-refractivity contribution in [2.75, 3.05) is 6.54 Å². The fraction of sp³-hybridized carbons (Fsp3) is 0.111. The van der Waals surface area contributed by atoms with E-state index in [4.69, 9.17) is 0 Å². The number of hydrogen-bond acceptors (Lipinski definition) is 4. The van der Waals surface area contributed by atoms with E-state index >= 15 is 0 Å². The van der Waals surface area contributed by atoms with E-state index in [0.717, 1.165) is 11.8 Å². The van der Waals surface area contributed by atoms with Gasteiger partial charge in [-0.25, -0.2) is 22.2 Å². The van der Waals surface area contributed by atoms with Crippen LogP contribution < -0.4 is 4.72 Å². The fourth-order valence-corrected chi connectivity index (χ4v) is 3.38. The normalized spacial score (nSPS) is 11.5. The number of nitrogens with zero attached hydrogens (tertiary/aromatic N) is 2. The molecule has 134 valence electrons. The summed E-state index contributed by atoms with van der Waals surface area (Å²) in [6, 6.07) is 13.2. The van der Waals surface area contributed by atoms with Crippen LogP contribution in [0.25, 0.3) is 5.69 Å². The van der Waals surface area contributed by atoms with Gasteiger partial charge in [0.25, 0.3) is 0 Å². The van der Waals surface area contributed by atoms with E-state index in [9.17, 15) is 17.6 Å². The third-order valence-electron chi connectivity index (χ3n) is 3.67. The monoisotopic (exact) mass is 373 g/mol. The number of carbonyl (C=O) groups is 1. The van der Waals surface area contributed by atoms with Gasteiger partial charge in [-0.05, 0) is 43.3 Å². The summed E-state index contributed by atoms with van der Waals surface area (Å²) in [6.45, 7) is 1.32. The van der Waals surface area contributed by atoms with Gasteiger partial charge in [0.05, 0.1) is 22.8 Å². The number of Topliss-reactive ketones (excluding diaryl/α,β-unsaturated/α-hetero) is 1. The summed E-state index contributed by atoms with van der Waals surface area (Å²) < 4.78 is 41.9. The maximum atomic E-state index is 13.9. The average molecular weight is 373 g/mol. The van der Waals surface area contributed by atoms with Crippen LogP contribution in [0.5, 0.6) is 0 Å². The van der Waals surface area contributed by atoms with E-state index in [1.54, 1.807) is 37.4 Å². The highest BCUT2D eigenvalue weighted by Gasteiger charge is 2.17. The number of nitrogens with one attached hydrogen (secondary N) is 1. The summed E-state index contributed by atoms with van der Waals surface area (Å²) in [5, 5.41) is 4.17. The van der Waals surface area contributed by atoms with E-state index < -0.39 is 28.2 Å². The second kappa shape index (κ2) is 7.19. The van der Waals surface area contributed by atoms with E-state index in [0.29, 0.717) is 5.69 Å². The molecule has 26 heavy (non-hydrogen) atoms. The lowest BCUT2D eigenvalue weighted by atomic mass is 10.1. The molecule has 0 amide bonds. The van der Waals surface area contributed by atoms with Crippen LogP contribution in [0.1, 0.15) is 16.1 Å². The van der Waals surface area contributed by atoms with Gasteiger partial charge in [0.2, 0.25) is 10.0 Å². The molecule has 0 saturated heterocycles. The molecule has 0 aliphatic rings. The van der Waals surface area contributed by atoms with Crippen LogP contribution in [-0.4, -0.2) is 30.5 Å². The molecule has 0 radical (unpaired) electrons. The topological polar surface area (TPSA) is 81.1 Å². The number of carbonyl (C=O) groups excluding carboxylic acids is 1. The Kier molecular flexibility index (Phi) is 4.97. The van der Waals surface area contributed by atoms with Crippen molar-refractivity contribution >= 4 is 15.8 Å². The number of halogens is 1. The van der Waals surface area contributed by atoms with Crippen molar-refractivity contribution in [1.82, 2.24) is 14.5 Å². The van der Waals surface area contributed by atoms with Gasteiger partial charge < -0.3 is 0 Å². The Bertz CT molecular complexity index is 1050. The smallest absolute Gasteiger partial charge is 0.240 e. The molecule has 1 heterocycles.